The Morgan fingerprint density at radius 2 is 1.89 bits per heavy atom. The quantitative estimate of drug-likeness (QED) is 0.191. The molecule has 0 saturated heterocycles. The third-order valence-corrected chi connectivity index (χ3v) is 7.85. The third kappa shape index (κ3) is 5.99. The summed E-state index contributed by atoms with van der Waals surface area (Å²) >= 11 is 2.68. The molecule has 10 heteroatoms. The van der Waals surface area contributed by atoms with E-state index in [9.17, 15) is 9.59 Å². The van der Waals surface area contributed by atoms with Crippen LogP contribution in [0.4, 0.5) is 10.7 Å². The van der Waals surface area contributed by atoms with E-state index in [0.29, 0.717) is 28.7 Å². The van der Waals surface area contributed by atoms with Crippen molar-refractivity contribution in [1.82, 2.24) is 14.8 Å². The van der Waals surface area contributed by atoms with Crippen LogP contribution in [0.25, 0.3) is 11.4 Å². The van der Waals surface area contributed by atoms with Crippen LogP contribution >= 0.6 is 23.1 Å². The number of hydrogen-bond acceptors (Lipinski definition) is 8. The average Bonchev–Trinajstić information content (AvgIpc) is 3.43. The zero-order valence-electron chi connectivity index (χ0n) is 21.5. The number of thiophene rings is 1. The normalized spacial score (nSPS) is 10.8. The summed E-state index contributed by atoms with van der Waals surface area (Å²) in [5, 5.41) is 12.8. The number of amides is 1. The molecule has 3 rings (SSSR count). The molecular formula is C26H33N5O3S2. The lowest BCUT2D eigenvalue weighted by Gasteiger charge is -2.21. The van der Waals surface area contributed by atoms with E-state index in [2.05, 4.69) is 53.0 Å². The maximum atomic E-state index is 12.8. The van der Waals surface area contributed by atoms with Crippen LogP contribution in [0.2, 0.25) is 0 Å². The Hall–Kier alpha value is -3.11. The molecule has 0 aliphatic heterocycles. The number of aryl methyl sites for hydroxylation is 1. The smallest absolute Gasteiger partial charge is 0.341 e. The molecule has 0 saturated carbocycles. The van der Waals surface area contributed by atoms with Gasteiger partial charge in [0.15, 0.2) is 11.0 Å². The Morgan fingerprint density at radius 3 is 2.47 bits per heavy atom. The number of allylic oxidation sites excluding steroid dienone is 1. The van der Waals surface area contributed by atoms with E-state index in [1.807, 2.05) is 30.5 Å². The van der Waals surface area contributed by atoms with E-state index < -0.39 is 5.97 Å². The van der Waals surface area contributed by atoms with Crippen LogP contribution in [-0.4, -0.2) is 52.6 Å². The number of hydrogen-bond donors (Lipinski definition) is 1. The molecule has 0 bridgehead atoms. The van der Waals surface area contributed by atoms with Crippen molar-refractivity contribution in [3.8, 4) is 11.4 Å². The molecule has 0 unspecified atom stereocenters. The van der Waals surface area contributed by atoms with Gasteiger partial charge in [-0.15, -0.1) is 28.1 Å². The number of anilines is 2. The second kappa shape index (κ2) is 12.7. The fourth-order valence-electron chi connectivity index (χ4n) is 4.02. The Bertz CT molecular complexity index is 1210. The van der Waals surface area contributed by atoms with E-state index in [0.717, 1.165) is 40.6 Å². The number of rotatable bonds is 12. The van der Waals surface area contributed by atoms with E-state index in [-0.39, 0.29) is 11.7 Å². The highest BCUT2D eigenvalue weighted by Crippen LogP contribution is 2.34. The van der Waals surface area contributed by atoms with Crippen LogP contribution in [0, 0.1) is 6.92 Å². The number of carbonyl (C=O) groups excluding carboxylic acids is 2. The lowest BCUT2D eigenvalue weighted by molar-refractivity contribution is -0.113. The zero-order chi connectivity index (χ0) is 26.2. The van der Waals surface area contributed by atoms with Gasteiger partial charge in [-0.1, -0.05) is 24.8 Å². The first-order valence-electron chi connectivity index (χ1n) is 11.9. The summed E-state index contributed by atoms with van der Waals surface area (Å²) in [6.07, 6.45) is 2.46. The topological polar surface area (TPSA) is 89.3 Å². The number of esters is 1. The van der Waals surface area contributed by atoms with E-state index in [1.54, 1.807) is 6.08 Å². The molecule has 0 aliphatic carbocycles. The van der Waals surface area contributed by atoms with Crippen molar-refractivity contribution in [2.24, 2.45) is 0 Å². The van der Waals surface area contributed by atoms with Gasteiger partial charge in [0.1, 0.15) is 5.00 Å². The molecule has 3 aromatic rings. The second-order valence-corrected chi connectivity index (χ2v) is 10.1. The Morgan fingerprint density at radius 1 is 1.19 bits per heavy atom. The fraction of sp³-hybridized carbons (Fsp3) is 0.385. The summed E-state index contributed by atoms with van der Waals surface area (Å²) in [5.41, 5.74) is 3.44. The number of carbonyl (C=O) groups is 2. The molecule has 36 heavy (non-hydrogen) atoms. The molecule has 2 aromatic heterocycles. The molecule has 0 fully saturated rings. The number of nitrogens with zero attached hydrogens (tertiary/aromatic N) is 4. The summed E-state index contributed by atoms with van der Waals surface area (Å²) in [5.74, 6) is 0.169. The van der Waals surface area contributed by atoms with Crippen molar-refractivity contribution in [3.05, 3.63) is 52.9 Å². The Balaban J connectivity index is 1.76. The highest BCUT2D eigenvalue weighted by molar-refractivity contribution is 7.99. The molecule has 1 aromatic carbocycles. The molecule has 2 heterocycles. The highest BCUT2D eigenvalue weighted by atomic mass is 32.2. The molecule has 8 nitrogen and oxygen atoms in total. The van der Waals surface area contributed by atoms with Gasteiger partial charge in [0.2, 0.25) is 5.91 Å². The van der Waals surface area contributed by atoms with Crippen LogP contribution in [0.5, 0.6) is 0 Å². The first-order chi connectivity index (χ1) is 17.4. The standard InChI is InChI=1S/C26H33N5O3S2/c1-7-15-31-23(18-11-13-19(14-12-18)30(9-3)10-4)28-29-26(31)35-16-21(32)27-24-22(25(33)34-6)20(8-2)17(5)36-24/h7,11-14H,1,8-10,15-16H2,2-6H3,(H,27,32). The number of benzene rings is 1. The molecule has 192 valence electrons. The van der Waals surface area contributed by atoms with Crippen LogP contribution in [0.3, 0.4) is 0 Å². The lowest BCUT2D eigenvalue weighted by atomic mass is 10.1. The third-order valence-electron chi connectivity index (χ3n) is 5.82. The van der Waals surface area contributed by atoms with E-state index in [4.69, 9.17) is 4.74 Å². The maximum Gasteiger partial charge on any atom is 0.341 e. The average molecular weight is 528 g/mol. The van der Waals surface area contributed by atoms with Gasteiger partial charge < -0.3 is 15.0 Å². The number of nitrogens with one attached hydrogen (secondary N) is 1. The molecule has 0 atom stereocenters. The van der Waals surface area contributed by atoms with Gasteiger partial charge in [-0.05, 0) is 57.0 Å². The highest BCUT2D eigenvalue weighted by Gasteiger charge is 2.23. The molecule has 1 N–H and O–H groups in total. The van der Waals surface area contributed by atoms with Gasteiger partial charge in [-0.3, -0.25) is 9.36 Å². The van der Waals surface area contributed by atoms with Crippen molar-refractivity contribution in [2.75, 3.05) is 36.2 Å². The molecule has 0 spiro atoms. The first kappa shape index (κ1) is 27.5. The van der Waals surface area contributed by atoms with Crippen molar-refractivity contribution >= 4 is 45.7 Å². The Kier molecular flexibility index (Phi) is 9.72. The number of ether oxygens (including phenoxy) is 1. The second-order valence-electron chi connectivity index (χ2n) is 7.95. The minimum Gasteiger partial charge on any atom is -0.465 e. The molecule has 0 aliphatic rings. The van der Waals surface area contributed by atoms with E-state index in [1.165, 1.54) is 30.2 Å². The van der Waals surface area contributed by atoms with Gasteiger partial charge in [-0.25, -0.2) is 4.79 Å². The SMILES string of the molecule is C=CCn1c(SCC(=O)Nc2sc(C)c(CC)c2C(=O)OC)nnc1-c1ccc(N(CC)CC)cc1. The number of aromatic nitrogens is 3. The number of methoxy groups -OCH3 is 1. The van der Waals surface area contributed by atoms with Crippen LogP contribution in [-0.2, 0) is 22.5 Å². The summed E-state index contributed by atoms with van der Waals surface area (Å²) in [4.78, 5) is 28.4. The van der Waals surface area contributed by atoms with E-state index >= 15 is 0 Å². The fourth-order valence-corrected chi connectivity index (χ4v) is 5.91. The van der Waals surface area contributed by atoms with Crippen molar-refractivity contribution in [3.63, 3.8) is 0 Å². The van der Waals surface area contributed by atoms with Gasteiger partial charge in [0.25, 0.3) is 0 Å². The van der Waals surface area contributed by atoms with Crippen LogP contribution in [0.15, 0.2) is 42.1 Å². The molecule has 1 amide bonds. The predicted octanol–water partition coefficient (Wildman–Crippen LogP) is 5.43. The first-order valence-corrected chi connectivity index (χ1v) is 13.7. The van der Waals surface area contributed by atoms with Crippen molar-refractivity contribution in [1.29, 1.82) is 0 Å². The van der Waals surface area contributed by atoms with Crippen molar-refractivity contribution in [2.45, 2.75) is 45.8 Å². The largest absolute Gasteiger partial charge is 0.465 e. The van der Waals surface area contributed by atoms with Gasteiger partial charge >= 0.3 is 5.97 Å². The van der Waals surface area contributed by atoms with Crippen molar-refractivity contribution < 1.29 is 14.3 Å². The maximum absolute atomic E-state index is 12.8. The molecular weight excluding hydrogens is 494 g/mol. The van der Waals surface area contributed by atoms with Crippen LogP contribution < -0.4 is 10.2 Å². The summed E-state index contributed by atoms with van der Waals surface area (Å²) in [6, 6.07) is 8.25. The van der Waals surface area contributed by atoms with Gasteiger partial charge in [0, 0.05) is 35.8 Å². The van der Waals surface area contributed by atoms with Crippen LogP contribution in [0.1, 0.15) is 41.6 Å². The van der Waals surface area contributed by atoms with Gasteiger partial charge in [-0.2, -0.15) is 0 Å². The predicted molar refractivity (Wildman–Crippen MR) is 148 cm³/mol. The minimum atomic E-state index is -0.443. The zero-order valence-corrected chi connectivity index (χ0v) is 23.1. The summed E-state index contributed by atoms with van der Waals surface area (Å²) < 4.78 is 6.89. The summed E-state index contributed by atoms with van der Waals surface area (Å²) in [7, 11) is 1.34. The Labute approximate surface area is 220 Å². The number of thioether (sulfide) groups is 1. The monoisotopic (exact) mass is 527 g/mol. The molecule has 0 radical (unpaired) electrons. The summed E-state index contributed by atoms with van der Waals surface area (Å²) in [6.45, 7) is 14.4. The minimum absolute atomic E-state index is 0.120. The lowest BCUT2D eigenvalue weighted by Crippen LogP contribution is -2.21. The van der Waals surface area contributed by atoms with Gasteiger partial charge in [0.05, 0.1) is 18.4 Å².